The Balaban J connectivity index is 2.42. The number of amides is 1. The highest BCUT2D eigenvalue weighted by Gasteiger charge is 2.03. The number of hydrogen-bond donors (Lipinski definition) is 2. The van der Waals surface area contributed by atoms with Gasteiger partial charge >= 0.3 is 0 Å². The van der Waals surface area contributed by atoms with Gasteiger partial charge in [0.2, 0.25) is 5.91 Å². The van der Waals surface area contributed by atoms with Crippen LogP contribution in [-0.2, 0) is 4.79 Å². The molecule has 4 heteroatoms. The van der Waals surface area contributed by atoms with E-state index in [4.69, 9.17) is 11.2 Å². The van der Waals surface area contributed by atoms with Crippen molar-refractivity contribution in [2.45, 2.75) is 13.0 Å². The minimum atomic E-state index is -0.128. The minimum absolute atomic E-state index is 0.114. The molecule has 1 unspecified atom stereocenters. The van der Waals surface area contributed by atoms with E-state index < -0.39 is 0 Å². The molecule has 1 aromatic carbocycles. The number of nitrogens with one attached hydrogen (secondary N) is 2. The third-order valence-corrected chi connectivity index (χ3v) is 2.19. The van der Waals surface area contributed by atoms with Crippen LogP contribution in [0.2, 0.25) is 0 Å². The van der Waals surface area contributed by atoms with Crippen LogP contribution in [0.3, 0.4) is 0 Å². The molecule has 0 fully saturated rings. The Morgan fingerprint density at radius 2 is 2.12 bits per heavy atom. The average Bonchev–Trinajstić information content (AvgIpc) is 2.36. The first-order valence-electron chi connectivity index (χ1n) is 5.29. The Bertz CT molecular complexity index is 406. The molecule has 0 aliphatic heterocycles. The van der Waals surface area contributed by atoms with Gasteiger partial charge in [0.05, 0.1) is 19.7 Å². The van der Waals surface area contributed by atoms with E-state index in [2.05, 4.69) is 16.6 Å². The number of rotatable bonds is 5. The van der Waals surface area contributed by atoms with Crippen LogP contribution in [0.5, 0.6) is 5.75 Å². The Labute approximate surface area is 101 Å². The summed E-state index contributed by atoms with van der Waals surface area (Å²) in [6.07, 6.45) is 5.18. The summed E-state index contributed by atoms with van der Waals surface area (Å²) in [7, 11) is 1.60. The molecule has 0 saturated carbocycles. The summed E-state index contributed by atoms with van der Waals surface area (Å²) in [5, 5.41) is 5.65. The second-order valence-electron chi connectivity index (χ2n) is 3.55. The summed E-state index contributed by atoms with van der Waals surface area (Å²) in [6, 6.07) is 7.01. The van der Waals surface area contributed by atoms with Gasteiger partial charge in [0, 0.05) is 5.69 Å². The topological polar surface area (TPSA) is 50.4 Å². The molecule has 0 aromatic heterocycles. The first kappa shape index (κ1) is 13.1. The van der Waals surface area contributed by atoms with Crippen LogP contribution in [0.1, 0.15) is 6.92 Å². The molecule has 1 aromatic rings. The second-order valence-corrected chi connectivity index (χ2v) is 3.55. The number of methoxy groups -OCH3 is 1. The number of carbonyl (C=O) groups excluding carboxylic acids is 1. The molecule has 0 spiro atoms. The molecule has 90 valence electrons. The average molecular weight is 232 g/mol. The Kier molecular flexibility index (Phi) is 5.05. The second kappa shape index (κ2) is 6.56. The molecule has 1 atom stereocenters. The molecule has 0 heterocycles. The zero-order valence-electron chi connectivity index (χ0n) is 9.99. The maximum atomic E-state index is 11.5. The first-order valence-corrected chi connectivity index (χ1v) is 5.29. The largest absolute Gasteiger partial charge is 0.497 e. The van der Waals surface area contributed by atoms with Crippen molar-refractivity contribution >= 4 is 11.6 Å². The van der Waals surface area contributed by atoms with Gasteiger partial charge < -0.3 is 10.1 Å². The summed E-state index contributed by atoms with van der Waals surface area (Å²) in [6.45, 7) is 2.01. The predicted molar refractivity (Wildman–Crippen MR) is 67.9 cm³/mol. The fraction of sp³-hybridized carbons (Fsp3) is 0.308. The summed E-state index contributed by atoms with van der Waals surface area (Å²) in [5.74, 6) is 3.12. The molecule has 2 N–H and O–H groups in total. The summed E-state index contributed by atoms with van der Waals surface area (Å²) in [5.41, 5.74) is 0.728. The fourth-order valence-electron chi connectivity index (χ4n) is 1.18. The Morgan fingerprint density at radius 1 is 1.47 bits per heavy atom. The van der Waals surface area contributed by atoms with Crippen molar-refractivity contribution in [1.29, 1.82) is 0 Å². The van der Waals surface area contributed by atoms with Crippen LogP contribution in [0.25, 0.3) is 0 Å². The number of ether oxygens (including phenoxy) is 1. The third-order valence-electron chi connectivity index (χ3n) is 2.19. The van der Waals surface area contributed by atoms with Gasteiger partial charge in [-0.1, -0.05) is 5.92 Å². The number of benzene rings is 1. The highest BCUT2D eigenvalue weighted by Crippen LogP contribution is 2.14. The van der Waals surface area contributed by atoms with Crippen molar-refractivity contribution < 1.29 is 9.53 Å². The van der Waals surface area contributed by atoms with Gasteiger partial charge in [0.25, 0.3) is 0 Å². The molecule has 0 aliphatic carbocycles. The van der Waals surface area contributed by atoms with Crippen LogP contribution < -0.4 is 15.4 Å². The third kappa shape index (κ3) is 4.58. The summed E-state index contributed by atoms with van der Waals surface area (Å²) < 4.78 is 5.02. The van der Waals surface area contributed by atoms with Crippen molar-refractivity contribution in [3.8, 4) is 18.1 Å². The smallest absolute Gasteiger partial charge is 0.238 e. The lowest BCUT2D eigenvalue weighted by Gasteiger charge is -2.08. The van der Waals surface area contributed by atoms with Gasteiger partial charge in [0.1, 0.15) is 5.75 Å². The molecular formula is C13H16N2O2. The fourth-order valence-corrected chi connectivity index (χ4v) is 1.18. The Hall–Kier alpha value is -1.99. The lowest BCUT2D eigenvalue weighted by molar-refractivity contribution is -0.115. The molecule has 4 nitrogen and oxygen atoms in total. The first-order chi connectivity index (χ1) is 8.15. The molecule has 1 amide bonds. The molecule has 0 bridgehead atoms. The molecule has 0 saturated heterocycles. The van der Waals surface area contributed by atoms with E-state index in [1.807, 2.05) is 6.92 Å². The van der Waals surface area contributed by atoms with Gasteiger partial charge in [-0.25, -0.2) is 0 Å². The standard InChI is InChI=1S/C13H16N2O2/c1-4-10(2)14-9-13(16)15-11-5-7-12(17-3)8-6-11/h1,5-8,10,14H,9H2,2-3H3,(H,15,16). The minimum Gasteiger partial charge on any atom is -0.497 e. The summed E-state index contributed by atoms with van der Waals surface area (Å²) in [4.78, 5) is 11.5. The van der Waals surface area contributed by atoms with E-state index in [1.54, 1.807) is 31.4 Å². The maximum Gasteiger partial charge on any atom is 0.238 e. The lowest BCUT2D eigenvalue weighted by Crippen LogP contribution is -2.33. The van der Waals surface area contributed by atoms with E-state index >= 15 is 0 Å². The van der Waals surface area contributed by atoms with E-state index in [-0.39, 0.29) is 18.5 Å². The molecule has 0 aliphatic rings. The molecule has 0 radical (unpaired) electrons. The van der Waals surface area contributed by atoms with Crippen molar-refractivity contribution in [3.05, 3.63) is 24.3 Å². The van der Waals surface area contributed by atoms with E-state index in [0.717, 1.165) is 11.4 Å². The van der Waals surface area contributed by atoms with Gasteiger partial charge in [0.15, 0.2) is 0 Å². The van der Waals surface area contributed by atoms with Crippen molar-refractivity contribution in [2.75, 3.05) is 19.0 Å². The van der Waals surface area contributed by atoms with Crippen LogP contribution >= 0.6 is 0 Å². The van der Waals surface area contributed by atoms with Crippen molar-refractivity contribution in [3.63, 3.8) is 0 Å². The maximum absolute atomic E-state index is 11.5. The highest BCUT2D eigenvalue weighted by molar-refractivity contribution is 5.92. The monoisotopic (exact) mass is 232 g/mol. The molecule has 1 rings (SSSR count). The number of hydrogen-bond acceptors (Lipinski definition) is 3. The van der Waals surface area contributed by atoms with E-state index in [1.165, 1.54) is 0 Å². The van der Waals surface area contributed by atoms with Crippen LogP contribution in [0.4, 0.5) is 5.69 Å². The van der Waals surface area contributed by atoms with Crippen molar-refractivity contribution in [1.82, 2.24) is 5.32 Å². The zero-order valence-corrected chi connectivity index (χ0v) is 9.99. The van der Waals surface area contributed by atoms with E-state index in [9.17, 15) is 4.79 Å². The number of terminal acetylenes is 1. The van der Waals surface area contributed by atoms with Crippen LogP contribution in [-0.4, -0.2) is 25.6 Å². The van der Waals surface area contributed by atoms with Crippen LogP contribution in [0, 0.1) is 12.3 Å². The molecular weight excluding hydrogens is 216 g/mol. The number of anilines is 1. The molecule has 17 heavy (non-hydrogen) atoms. The van der Waals surface area contributed by atoms with Crippen molar-refractivity contribution in [2.24, 2.45) is 0 Å². The zero-order chi connectivity index (χ0) is 12.7. The Morgan fingerprint density at radius 3 is 2.65 bits per heavy atom. The van der Waals surface area contributed by atoms with Gasteiger partial charge in [-0.15, -0.1) is 6.42 Å². The normalized spacial score (nSPS) is 11.4. The highest BCUT2D eigenvalue weighted by atomic mass is 16.5. The lowest BCUT2D eigenvalue weighted by atomic mass is 10.3. The van der Waals surface area contributed by atoms with Gasteiger partial charge in [-0.05, 0) is 31.2 Å². The quantitative estimate of drug-likeness (QED) is 0.751. The van der Waals surface area contributed by atoms with Gasteiger partial charge in [-0.2, -0.15) is 0 Å². The SMILES string of the molecule is C#CC(C)NCC(=O)Nc1ccc(OC)cc1. The predicted octanol–water partition coefficient (Wildman–Crippen LogP) is 1.24. The van der Waals surface area contributed by atoms with Crippen LogP contribution in [0.15, 0.2) is 24.3 Å². The number of carbonyl (C=O) groups is 1. The van der Waals surface area contributed by atoms with E-state index in [0.29, 0.717) is 0 Å². The summed E-state index contributed by atoms with van der Waals surface area (Å²) >= 11 is 0. The van der Waals surface area contributed by atoms with Gasteiger partial charge in [-0.3, -0.25) is 10.1 Å².